The van der Waals surface area contributed by atoms with Gasteiger partial charge in [0.15, 0.2) is 0 Å². The van der Waals surface area contributed by atoms with Gasteiger partial charge in [0.1, 0.15) is 0 Å². The number of amides is 2. The van der Waals surface area contributed by atoms with Crippen molar-refractivity contribution in [2.45, 2.75) is 39.3 Å². The summed E-state index contributed by atoms with van der Waals surface area (Å²) >= 11 is 0. The lowest BCUT2D eigenvalue weighted by molar-refractivity contribution is 0.00507. The fourth-order valence-corrected chi connectivity index (χ4v) is 2.64. The zero-order valence-corrected chi connectivity index (χ0v) is 13.1. The average molecular weight is 291 g/mol. The third kappa shape index (κ3) is 4.43. The molecule has 0 aromatic carbocycles. The molecule has 0 saturated carbocycles. The molecule has 1 aliphatic heterocycles. The fraction of sp³-hybridized carbons (Fsp3) is 0.625. The summed E-state index contributed by atoms with van der Waals surface area (Å²) in [6.45, 7) is 8.18. The molecule has 5 heteroatoms. The van der Waals surface area contributed by atoms with E-state index in [1.54, 1.807) is 6.20 Å². The normalized spacial score (nSPS) is 20.4. The zero-order valence-electron chi connectivity index (χ0n) is 13.1. The lowest BCUT2D eigenvalue weighted by Crippen LogP contribution is -2.53. The first-order valence-corrected chi connectivity index (χ1v) is 7.63. The lowest BCUT2D eigenvalue weighted by Gasteiger charge is -2.37. The Bertz CT molecular complexity index is 450. The smallest absolute Gasteiger partial charge is 0.318 e. The van der Waals surface area contributed by atoms with Crippen molar-refractivity contribution in [2.75, 3.05) is 19.8 Å². The number of nitrogens with zero attached hydrogens (tertiary/aromatic N) is 2. The standard InChI is InChI=1S/C16H25N3O2/c1-12(2)10-14-11-21-9-8-19(14)16(20)18-13(3)15-6-4-5-7-17-15/h4-7,12-14H,8-11H2,1-3H3,(H,18,20)/t13-,14+/m0/s1. The van der Waals surface area contributed by atoms with Gasteiger partial charge in [-0.15, -0.1) is 0 Å². The predicted octanol–water partition coefficient (Wildman–Crippen LogP) is 2.60. The van der Waals surface area contributed by atoms with Crippen LogP contribution >= 0.6 is 0 Å². The molecule has 21 heavy (non-hydrogen) atoms. The molecule has 5 nitrogen and oxygen atoms in total. The van der Waals surface area contributed by atoms with E-state index in [1.807, 2.05) is 30.0 Å². The first-order chi connectivity index (χ1) is 10.1. The van der Waals surface area contributed by atoms with Gasteiger partial charge in [0.2, 0.25) is 0 Å². The van der Waals surface area contributed by atoms with Crippen molar-refractivity contribution in [1.29, 1.82) is 0 Å². The molecule has 1 aromatic heterocycles. The molecule has 0 aliphatic carbocycles. The predicted molar refractivity (Wildman–Crippen MR) is 82.0 cm³/mol. The van der Waals surface area contributed by atoms with Gasteiger partial charge in [0.05, 0.1) is 31.0 Å². The molecular weight excluding hydrogens is 266 g/mol. The van der Waals surface area contributed by atoms with Gasteiger partial charge in [0, 0.05) is 12.7 Å². The number of pyridine rings is 1. The Morgan fingerprint density at radius 2 is 2.29 bits per heavy atom. The number of nitrogens with one attached hydrogen (secondary N) is 1. The minimum absolute atomic E-state index is 0.0258. The topological polar surface area (TPSA) is 54.5 Å². The summed E-state index contributed by atoms with van der Waals surface area (Å²) in [5.41, 5.74) is 0.875. The highest BCUT2D eigenvalue weighted by Crippen LogP contribution is 2.17. The second kappa shape index (κ2) is 7.41. The number of carbonyl (C=O) groups excluding carboxylic acids is 1. The van der Waals surface area contributed by atoms with E-state index in [-0.39, 0.29) is 18.1 Å². The number of urea groups is 1. The fourth-order valence-electron chi connectivity index (χ4n) is 2.64. The van der Waals surface area contributed by atoms with E-state index in [0.717, 1.165) is 12.1 Å². The molecule has 1 fully saturated rings. The molecule has 2 atom stereocenters. The Kier molecular flexibility index (Phi) is 5.56. The summed E-state index contributed by atoms with van der Waals surface area (Å²) in [7, 11) is 0. The largest absolute Gasteiger partial charge is 0.377 e. The van der Waals surface area contributed by atoms with Crippen LogP contribution in [0.15, 0.2) is 24.4 Å². The Morgan fingerprint density at radius 3 is 2.95 bits per heavy atom. The molecule has 0 unspecified atom stereocenters. The van der Waals surface area contributed by atoms with Crippen LogP contribution in [0, 0.1) is 5.92 Å². The molecule has 1 aliphatic rings. The van der Waals surface area contributed by atoms with Crippen LogP contribution in [0.4, 0.5) is 4.79 Å². The van der Waals surface area contributed by atoms with Crippen LogP contribution in [0.5, 0.6) is 0 Å². The van der Waals surface area contributed by atoms with Crippen LogP contribution in [-0.2, 0) is 4.74 Å². The van der Waals surface area contributed by atoms with Crippen LogP contribution in [0.25, 0.3) is 0 Å². The van der Waals surface area contributed by atoms with Crippen molar-refractivity contribution in [3.8, 4) is 0 Å². The van der Waals surface area contributed by atoms with Crippen molar-refractivity contribution >= 4 is 6.03 Å². The Hall–Kier alpha value is -1.62. The molecule has 116 valence electrons. The van der Waals surface area contributed by atoms with Crippen molar-refractivity contribution < 1.29 is 9.53 Å². The molecule has 2 rings (SSSR count). The quantitative estimate of drug-likeness (QED) is 0.927. The van der Waals surface area contributed by atoms with Gasteiger partial charge in [-0.25, -0.2) is 4.79 Å². The maximum Gasteiger partial charge on any atom is 0.318 e. The molecule has 2 heterocycles. The van der Waals surface area contributed by atoms with E-state index in [9.17, 15) is 4.79 Å². The van der Waals surface area contributed by atoms with Crippen LogP contribution in [-0.4, -0.2) is 41.7 Å². The molecular formula is C16H25N3O2. The molecule has 1 saturated heterocycles. The van der Waals surface area contributed by atoms with E-state index in [2.05, 4.69) is 24.1 Å². The van der Waals surface area contributed by atoms with Crippen molar-refractivity contribution in [2.24, 2.45) is 5.92 Å². The molecule has 1 aromatic rings. The summed E-state index contributed by atoms with van der Waals surface area (Å²) < 4.78 is 5.52. The lowest BCUT2D eigenvalue weighted by atomic mass is 10.0. The van der Waals surface area contributed by atoms with E-state index in [4.69, 9.17) is 4.74 Å². The van der Waals surface area contributed by atoms with E-state index in [0.29, 0.717) is 25.7 Å². The van der Waals surface area contributed by atoms with Gasteiger partial charge < -0.3 is 15.0 Å². The number of hydrogen-bond donors (Lipinski definition) is 1. The summed E-state index contributed by atoms with van der Waals surface area (Å²) in [6.07, 6.45) is 2.71. The average Bonchev–Trinajstić information content (AvgIpc) is 2.48. The van der Waals surface area contributed by atoms with Crippen LogP contribution in [0.3, 0.4) is 0 Å². The van der Waals surface area contributed by atoms with E-state index < -0.39 is 0 Å². The Labute approximate surface area is 126 Å². The monoisotopic (exact) mass is 291 g/mol. The molecule has 0 bridgehead atoms. The number of morpholine rings is 1. The minimum atomic E-state index is -0.0961. The molecule has 0 radical (unpaired) electrons. The number of ether oxygens (including phenoxy) is 1. The summed E-state index contributed by atoms with van der Waals surface area (Å²) in [5.74, 6) is 0.542. The highest BCUT2D eigenvalue weighted by molar-refractivity contribution is 5.75. The third-order valence-electron chi connectivity index (χ3n) is 3.70. The van der Waals surface area contributed by atoms with E-state index in [1.165, 1.54) is 0 Å². The van der Waals surface area contributed by atoms with Crippen molar-refractivity contribution in [3.63, 3.8) is 0 Å². The second-order valence-corrected chi connectivity index (χ2v) is 5.98. The molecule has 1 N–H and O–H groups in total. The van der Waals surface area contributed by atoms with Crippen molar-refractivity contribution in [1.82, 2.24) is 15.2 Å². The Balaban J connectivity index is 1.97. The van der Waals surface area contributed by atoms with Gasteiger partial charge in [-0.2, -0.15) is 0 Å². The number of rotatable bonds is 4. The molecule has 2 amide bonds. The number of hydrogen-bond acceptors (Lipinski definition) is 3. The SMILES string of the molecule is CC(C)C[C@@H]1COCCN1C(=O)N[C@@H](C)c1ccccn1. The van der Waals surface area contributed by atoms with Gasteiger partial charge in [0.25, 0.3) is 0 Å². The van der Waals surface area contributed by atoms with Gasteiger partial charge >= 0.3 is 6.03 Å². The maximum atomic E-state index is 12.5. The zero-order chi connectivity index (χ0) is 15.2. The van der Waals surface area contributed by atoms with Gasteiger partial charge in [-0.05, 0) is 31.4 Å². The Morgan fingerprint density at radius 1 is 1.48 bits per heavy atom. The van der Waals surface area contributed by atoms with Crippen LogP contribution in [0.2, 0.25) is 0 Å². The summed E-state index contributed by atoms with van der Waals surface area (Å²) in [4.78, 5) is 18.7. The summed E-state index contributed by atoms with van der Waals surface area (Å²) in [5, 5.41) is 3.04. The van der Waals surface area contributed by atoms with E-state index >= 15 is 0 Å². The minimum Gasteiger partial charge on any atom is -0.377 e. The summed E-state index contributed by atoms with van der Waals surface area (Å²) in [6, 6.07) is 5.77. The molecule has 0 spiro atoms. The second-order valence-electron chi connectivity index (χ2n) is 5.98. The number of carbonyl (C=O) groups is 1. The highest BCUT2D eigenvalue weighted by atomic mass is 16.5. The third-order valence-corrected chi connectivity index (χ3v) is 3.70. The van der Waals surface area contributed by atoms with Crippen molar-refractivity contribution in [3.05, 3.63) is 30.1 Å². The van der Waals surface area contributed by atoms with Crippen LogP contribution < -0.4 is 5.32 Å². The highest BCUT2D eigenvalue weighted by Gasteiger charge is 2.28. The number of aromatic nitrogens is 1. The van der Waals surface area contributed by atoms with Gasteiger partial charge in [-0.1, -0.05) is 19.9 Å². The maximum absolute atomic E-state index is 12.5. The first kappa shape index (κ1) is 15.8. The van der Waals surface area contributed by atoms with Gasteiger partial charge in [-0.3, -0.25) is 4.98 Å². The van der Waals surface area contributed by atoms with Crippen LogP contribution in [0.1, 0.15) is 38.9 Å². The first-order valence-electron chi connectivity index (χ1n) is 7.63.